The van der Waals surface area contributed by atoms with Crippen LogP contribution in [0.3, 0.4) is 0 Å². The Balaban J connectivity index is 2.93. The standard InChI is InChI=1S/C10H11N3O/c1-3-8-7(2)12-10-11-5-4-6-13(10)9(8)14/h4-6H,3H2,1-2H3. The van der Waals surface area contributed by atoms with Crippen molar-refractivity contribution in [3.63, 3.8) is 0 Å². The molecule has 4 nitrogen and oxygen atoms in total. The molecule has 0 aliphatic heterocycles. The molecular weight excluding hydrogens is 178 g/mol. The second-order valence-corrected chi connectivity index (χ2v) is 3.12. The lowest BCUT2D eigenvalue weighted by molar-refractivity contribution is 0.912. The minimum atomic E-state index is -0.0110. The molecule has 0 fully saturated rings. The van der Waals surface area contributed by atoms with Crippen LogP contribution in [0.25, 0.3) is 5.78 Å². The number of nitrogens with zero attached hydrogens (tertiary/aromatic N) is 3. The molecule has 0 N–H and O–H groups in total. The van der Waals surface area contributed by atoms with Crippen molar-refractivity contribution < 1.29 is 0 Å². The van der Waals surface area contributed by atoms with E-state index in [-0.39, 0.29) is 5.56 Å². The second-order valence-electron chi connectivity index (χ2n) is 3.12. The van der Waals surface area contributed by atoms with E-state index in [0.29, 0.717) is 12.2 Å². The van der Waals surface area contributed by atoms with E-state index >= 15 is 0 Å². The highest BCUT2D eigenvalue weighted by atomic mass is 16.1. The summed E-state index contributed by atoms with van der Waals surface area (Å²) in [5, 5.41) is 0. The van der Waals surface area contributed by atoms with Gasteiger partial charge in [-0.2, -0.15) is 0 Å². The highest BCUT2D eigenvalue weighted by Gasteiger charge is 2.06. The average Bonchev–Trinajstić information content (AvgIpc) is 2.18. The normalized spacial score (nSPS) is 10.7. The summed E-state index contributed by atoms with van der Waals surface area (Å²) in [6, 6.07) is 1.73. The summed E-state index contributed by atoms with van der Waals surface area (Å²) in [6.45, 7) is 3.79. The Bertz CT molecular complexity index is 530. The number of fused-ring (bicyclic) bond motifs is 1. The van der Waals surface area contributed by atoms with Gasteiger partial charge in [0, 0.05) is 18.0 Å². The summed E-state index contributed by atoms with van der Waals surface area (Å²) in [6.07, 6.45) is 4.03. The summed E-state index contributed by atoms with van der Waals surface area (Å²) in [4.78, 5) is 20.2. The topological polar surface area (TPSA) is 47.3 Å². The van der Waals surface area contributed by atoms with Crippen molar-refractivity contribution in [3.05, 3.63) is 40.1 Å². The first-order valence-corrected chi connectivity index (χ1v) is 4.57. The minimum Gasteiger partial charge on any atom is -0.269 e. The van der Waals surface area contributed by atoms with Crippen LogP contribution < -0.4 is 5.56 Å². The van der Waals surface area contributed by atoms with Gasteiger partial charge in [0.05, 0.1) is 5.69 Å². The highest BCUT2D eigenvalue weighted by Crippen LogP contribution is 2.01. The third-order valence-electron chi connectivity index (χ3n) is 2.26. The molecule has 0 aliphatic rings. The molecule has 0 radical (unpaired) electrons. The van der Waals surface area contributed by atoms with E-state index in [2.05, 4.69) is 9.97 Å². The Morgan fingerprint density at radius 3 is 3.00 bits per heavy atom. The highest BCUT2D eigenvalue weighted by molar-refractivity contribution is 5.32. The second kappa shape index (κ2) is 3.21. The molecule has 0 aromatic carbocycles. The van der Waals surface area contributed by atoms with Crippen LogP contribution in [0.4, 0.5) is 0 Å². The predicted molar refractivity (Wildman–Crippen MR) is 53.4 cm³/mol. The SMILES string of the molecule is CCc1c(C)nc2ncccn2c1=O. The van der Waals surface area contributed by atoms with Crippen molar-refractivity contribution >= 4 is 5.78 Å². The van der Waals surface area contributed by atoms with Gasteiger partial charge in [-0.25, -0.2) is 9.97 Å². The molecule has 0 saturated carbocycles. The Kier molecular flexibility index (Phi) is 2.04. The summed E-state index contributed by atoms with van der Waals surface area (Å²) in [5.74, 6) is 0.465. The number of hydrogen-bond acceptors (Lipinski definition) is 3. The molecule has 72 valence electrons. The molecule has 2 heterocycles. The summed E-state index contributed by atoms with van der Waals surface area (Å²) in [5.41, 5.74) is 1.52. The van der Waals surface area contributed by atoms with Crippen LogP contribution in [0.1, 0.15) is 18.2 Å². The molecule has 0 spiro atoms. The minimum absolute atomic E-state index is 0.0110. The van der Waals surface area contributed by atoms with E-state index in [0.717, 1.165) is 11.3 Å². The van der Waals surface area contributed by atoms with Gasteiger partial charge in [0.2, 0.25) is 5.78 Å². The average molecular weight is 189 g/mol. The van der Waals surface area contributed by atoms with Crippen LogP contribution in [-0.4, -0.2) is 14.4 Å². The van der Waals surface area contributed by atoms with Crippen molar-refractivity contribution in [2.24, 2.45) is 0 Å². The maximum absolute atomic E-state index is 11.9. The van der Waals surface area contributed by atoms with Crippen molar-refractivity contribution in [1.29, 1.82) is 0 Å². The molecule has 0 saturated heterocycles. The summed E-state index contributed by atoms with van der Waals surface area (Å²) >= 11 is 0. The zero-order valence-electron chi connectivity index (χ0n) is 8.19. The van der Waals surface area contributed by atoms with Gasteiger partial charge in [-0.05, 0) is 19.4 Å². The van der Waals surface area contributed by atoms with Crippen molar-refractivity contribution in [2.45, 2.75) is 20.3 Å². The molecule has 14 heavy (non-hydrogen) atoms. The van der Waals surface area contributed by atoms with Crippen LogP contribution in [-0.2, 0) is 6.42 Å². The van der Waals surface area contributed by atoms with E-state index in [4.69, 9.17) is 0 Å². The molecular formula is C10H11N3O. The lowest BCUT2D eigenvalue weighted by Crippen LogP contribution is -2.21. The van der Waals surface area contributed by atoms with Crippen LogP contribution in [0.2, 0.25) is 0 Å². The Labute approximate surface area is 81.3 Å². The quantitative estimate of drug-likeness (QED) is 0.671. The van der Waals surface area contributed by atoms with Crippen LogP contribution >= 0.6 is 0 Å². The van der Waals surface area contributed by atoms with Crippen molar-refractivity contribution in [2.75, 3.05) is 0 Å². The Morgan fingerprint density at radius 1 is 1.50 bits per heavy atom. The first-order chi connectivity index (χ1) is 6.74. The molecule has 0 atom stereocenters. The fourth-order valence-corrected chi connectivity index (χ4v) is 1.53. The third kappa shape index (κ3) is 1.19. The van der Waals surface area contributed by atoms with Crippen LogP contribution in [0.5, 0.6) is 0 Å². The van der Waals surface area contributed by atoms with Gasteiger partial charge in [-0.15, -0.1) is 0 Å². The number of rotatable bonds is 1. The number of hydrogen-bond donors (Lipinski definition) is 0. The zero-order valence-corrected chi connectivity index (χ0v) is 8.19. The molecule has 4 heteroatoms. The van der Waals surface area contributed by atoms with Gasteiger partial charge in [0.1, 0.15) is 0 Å². The number of aromatic nitrogens is 3. The van der Waals surface area contributed by atoms with Crippen LogP contribution in [0.15, 0.2) is 23.3 Å². The smallest absolute Gasteiger partial charge is 0.262 e. The largest absolute Gasteiger partial charge is 0.269 e. The van der Waals surface area contributed by atoms with Gasteiger partial charge in [0.15, 0.2) is 0 Å². The van der Waals surface area contributed by atoms with Crippen molar-refractivity contribution in [3.8, 4) is 0 Å². The summed E-state index contributed by atoms with van der Waals surface area (Å²) < 4.78 is 1.48. The molecule has 2 aromatic heterocycles. The zero-order chi connectivity index (χ0) is 10.1. The molecule has 0 bridgehead atoms. The lowest BCUT2D eigenvalue weighted by atomic mass is 10.2. The van der Waals surface area contributed by atoms with Gasteiger partial charge in [-0.1, -0.05) is 6.92 Å². The van der Waals surface area contributed by atoms with E-state index < -0.39 is 0 Å². The van der Waals surface area contributed by atoms with E-state index in [1.807, 2.05) is 13.8 Å². The van der Waals surface area contributed by atoms with Crippen LogP contribution in [0, 0.1) is 6.92 Å². The lowest BCUT2D eigenvalue weighted by Gasteiger charge is -2.03. The summed E-state index contributed by atoms with van der Waals surface area (Å²) in [7, 11) is 0. The van der Waals surface area contributed by atoms with E-state index in [1.54, 1.807) is 18.5 Å². The number of aryl methyl sites for hydroxylation is 1. The molecule has 2 rings (SSSR count). The van der Waals surface area contributed by atoms with Gasteiger partial charge >= 0.3 is 0 Å². The fourth-order valence-electron chi connectivity index (χ4n) is 1.53. The van der Waals surface area contributed by atoms with Gasteiger partial charge in [0.25, 0.3) is 5.56 Å². The Hall–Kier alpha value is -1.71. The first-order valence-electron chi connectivity index (χ1n) is 4.57. The molecule has 0 aliphatic carbocycles. The predicted octanol–water partition coefficient (Wildman–Crippen LogP) is 0.960. The maximum atomic E-state index is 11.9. The third-order valence-corrected chi connectivity index (χ3v) is 2.26. The molecule has 2 aromatic rings. The maximum Gasteiger partial charge on any atom is 0.262 e. The van der Waals surface area contributed by atoms with Gasteiger partial charge in [-0.3, -0.25) is 9.20 Å². The van der Waals surface area contributed by atoms with E-state index in [1.165, 1.54) is 4.40 Å². The Morgan fingerprint density at radius 2 is 2.29 bits per heavy atom. The van der Waals surface area contributed by atoms with E-state index in [9.17, 15) is 4.79 Å². The fraction of sp³-hybridized carbons (Fsp3) is 0.300. The van der Waals surface area contributed by atoms with Gasteiger partial charge < -0.3 is 0 Å². The molecule has 0 unspecified atom stereocenters. The molecule has 0 amide bonds. The first kappa shape index (κ1) is 8.87. The van der Waals surface area contributed by atoms with Crippen molar-refractivity contribution in [1.82, 2.24) is 14.4 Å². The monoisotopic (exact) mass is 189 g/mol.